The standard InChI is InChI=1S/C13H24O3/c1-9(10(2)13(15)16)12(14)8-11-6-4-3-5-7-11/h9-12,14H,3-8H2,1-2H3,(H,15,16). The van der Waals surface area contributed by atoms with Gasteiger partial charge in [-0.25, -0.2) is 0 Å². The van der Waals surface area contributed by atoms with Crippen LogP contribution in [0.1, 0.15) is 52.4 Å². The summed E-state index contributed by atoms with van der Waals surface area (Å²) in [5.74, 6) is -0.819. The van der Waals surface area contributed by atoms with E-state index < -0.39 is 18.0 Å². The molecular formula is C13H24O3. The first-order valence-corrected chi connectivity index (χ1v) is 6.43. The summed E-state index contributed by atoms with van der Waals surface area (Å²) >= 11 is 0. The Bertz CT molecular complexity index is 221. The molecule has 94 valence electrons. The van der Waals surface area contributed by atoms with Crippen molar-refractivity contribution in [2.45, 2.75) is 58.5 Å². The fraction of sp³-hybridized carbons (Fsp3) is 0.923. The molecule has 0 saturated heterocycles. The number of carboxylic acids is 1. The van der Waals surface area contributed by atoms with Gasteiger partial charge in [0.15, 0.2) is 0 Å². The van der Waals surface area contributed by atoms with Crippen LogP contribution in [0.2, 0.25) is 0 Å². The van der Waals surface area contributed by atoms with Crippen molar-refractivity contribution in [3.05, 3.63) is 0 Å². The van der Waals surface area contributed by atoms with Gasteiger partial charge in [0.25, 0.3) is 0 Å². The number of aliphatic hydroxyl groups is 1. The SMILES string of the molecule is CC(C(=O)O)C(C)C(O)CC1CCCCC1. The molecule has 3 atom stereocenters. The first-order chi connectivity index (χ1) is 7.52. The lowest BCUT2D eigenvalue weighted by molar-refractivity contribution is -0.144. The summed E-state index contributed by atoms with van der Waals surface area (Å²) in [5, 5.41) is 18.9. The minimum Gasteiger partial charge on any atom is -0.481 e. The van der Waals surface area contributed by atoms with Crippen molar-refractivity contribution in [1.82, 2.24) is 0 Å². The Morgan fingerprint density at radius 1 is 1.25 bits per heavy atom. The number of carboxylic acid groups (broad SMARTS) is 1. The third-order valence-corrected chi connectivity index (χ3v) is 4.08. The second-order valence-electron chi connectivity index (χ2n) is 5.29. The Labute approximate surface area is 97.9 Å². The molecule has 1 aliphatic carbocycles. The Balaban J connectivity index is 2.37. The van der Waals surface area contributed by atoms with E-state index in [4.69, 9.17) is 5.11 Å². The van der Waals surface area contributed by atoms with E-state index in [1.54, 1.807) is 6.92 Å². The molecule has 0 amide bonds. The number of rotatable bonds is 5. The van der Waals surface area contributed by atoms with Gasteiger partial charge >= 0.3 is 5.97 Å². The first-order valence-electron chi connectivity index (χ1n) is 6.43. The van der Waals surface area contributed by atoms with Crippen molar-refractivity contribution < 1.29 is 15.0 Å². The molecule has 1 fully saturated rings. The predicted molar refractivity (Wildman–Crippen MR) is 63.2 cm³/mol. The van der Waals surface area contributed by atoms with E-state index in [0.717, 1.165) is 6.42 Å². The summed E-state index contributed by atoms with van der Waals surface area (Å²) in [6, 6.07) is 0. The van der Waals surface area contributed by atoms with Gasteiger partial charge in [-0.2, -0.15) is 0 Å². The highest BCUT2D eigenvalue weighted by Gasteiger charge is 2.28. The fourth-order valence-corrected chi connectivity index (χ4v) is 2.54. The normalized spacial score (nSPS) is 23.7. The summed E-state index contributed by atoms with van der Waals surface area (Å²) in [6.07, 6.45) is 6.55. The van der Waals surface area contributed by atoms with E-state index in [1.165, 1.54) is 32.1 Å². The average molecular weight is 228 g/mol. The smallest absolute Gasteiger partial charge is 0.306 e. The molecule has 1 saturated carbocycles. The molecule has 3 heteroatoms. The molecule has 0 heterocycles. The second kappa shape index (κ2) is 6.24. The van der Waals surface area contributed by atoms with Crippen LogP contribution < -0.4 is 0 Å². The minimum atomic E-state index is -0.810. The quantitative estimate of drug-likeness (QED) is 0.760. The molecule has 1 aliphatic rings. The maximum absolute atomic E-state index is 10.8. The largest absolute Gasteiger partial charge is 0.481 e. The maximum atomic E-state index is 10.8. The average Bonchev–Trinajstić information content (AvgIpc) is 2.28. The Kier molecular flexibility index (Phi) is 5.26. The van der Waals surface area contributed by atoms with E-state index in [1.807, 2.05) is 6.92 Å². The number of carbonyl (C=O) groups is 1. The molecule has 3 nitrogen and oxygen atoms in total. The fourth-order valence-electron chi connectivity index (χ4n) is 2.54. The molecule has 0 aromatic carbocycles. The third kappa shape index (κ3) is 3.78. The van der Waals surface area contributed by atoms with E-state index in [9.17, 15) is 9.90 Å². The number of aliphatic carboxylic acids is 1. The molecule has 2 N–H and O–H groups in total. The van der Waals surface area contributed by atoms with Crippen molar-refractivity contribution in [1.29, 1.82) is 0 Å². The zero-order valence-corrected chi connectivity index (χ0v) is 10.4. The van der Waals surface area contributed by atoms with Crippen molar-refractivity contribution in [3.63, 3.8) is 0 Å². The van der Waals surface area contributed by atoms with E-state index in [2.05, 4.69) is 0 Å². The molecule has 0 aromatic rings. The summed E-state index contributed by atoms with van der Waals surface area (Å²) in [4.78, 5) is 10.8. The van der Waals surface area contributed by atoms with Gasteiger partial charge in [0.1, 0.15) is 0 Å². The van der Waals surface area contributed by atoms with Gasteiger partial charge in [0.05, 0.1) is 12.0 Å². The Hall–Kier alpha value is -0.570. The Morgan fingerprint density at radius 2 is 1.81 bits per heavy atom. The van der Waals surface area contributed by atoms with E-state index in [-0.39, 0.29) is 5.92 Å². The van der Waals surface area contributed by atoms with Crippen LogP contribution in [0.3, 0.4) is 0 Å². The first kappa shape index (κ1) is 13.5. The van der Waals surface area contributed by atoms with Gasteiger partial charge in [-0.15, -0.1) is 0 Å². The van der Waals surface area contributed by atoms with E-state index in [0.29, 0.717) is 5.92 Å². The van der Waals surface area contributed by atoms with Crippen LogP contribution in [0.15, 0.2) is 0 Å². The van der Waals surface area contributed by atoms with Crippen LogP contribution in [-0.2, 0) is 4.79 Å². The molecule has 0 spiro atoms. The minimum absolute atomic E-state index is 0.153. The molecule has 16 heavy (non-hydrogen) atoms. The van der Waals surface area contributed by atoms with E-state index >= 15 is 0 Å². The molecule has 3 unspecified atom stereocenters. The summed E-state index contributed by atoms with van der Waals surface area (Å²) < 4.78 is 0. The zero-order valence-electron chi connectivity index (χ0n) is 10.4. The van der Waals surface area contributed by atoms with Gasteiger partial charge in [0, 0.05) is 0 Å². The van der Waals surface area contributed by atoms with Crippen molar-refractivity contribution in [2.24, 2.45) is 17.8 Å². The lowest BCUT2D eigenvalue weighted by atomic mass is 9.80. The highest BCUT2D eigenvalue weighted by Crippen LogP contribution is 2.30. The van der Waals surface area contributed by atoms with Gasteiger partial charge in [-0.3, -0.25) is 4.79 Å². The number of hydrogen-bond acceptors (Lipinski definition) is 2. The molecule has 0 radical (unpaired) electrons. The number of hydrogen-bond donors (Lipinski definition) is 2. The zero-order chi connectivity index (χ0) is 12.1. The summed E-state index contributed by atoms with van der Waals surface area (Å²) in [6.45, 7) is 3.52. The van der Waals surface area contributed by atoms with Gasteiger partial charge in [0.2, 0.25) is 0 Å². The predicted octanol–water partition coefficient (Wildman–Crippen LogP) is 2.67. The molecular weight excluding hydrogens is 204 g/mol. The highest BCUT2D eigenvalue weighted by atomic mass is 16.4. The van der Waals surface area contributed by atoms with Crippen LogP contribution in [0.5, 0.6) is 0 Å². The maximum Gasteiger partial charge on any atom is 0.306 e. The van der Waals surface area contributed by atoms with Gasteiger partial charge < -0.3 is 10.2 Å². The topological polar surface area (TPSA) is 57.5 Å². The monoisotopic (exact) mass is 228 g/mol. The lowest BCUT2D eigenvalue weighted by Crippen LogP contribution is -2.30. The van der Waals surface area contributed by atoms with Gasteiger partial charge in [-0.1, -0.05) is 46.0 Å². The lowest BCUT2D eigenvalue weighted by Gasteiger charge is -2.28. The van der Waals surface area contributed by atoms with Crippen LogP contribution >= 0.6 is 0 Å². The summed E-state index contributed by atoms with van der Waals surface area (Å²) in [5.41, 5.74) is 0. The molecule has 0 bridgehead atoms. The van der Waals surface area contributed by atoms with Crippen LogP contribution in [0.25, 0.3) is 0 Å². The van der Waals surface area contributed by atoms with Gasteiger partial charge in [-0.05, 0) is 18.3 Å². The van der Waals surface area contributed by atoms with Crippen LogP contribution in [0, 0.1) is 17.8 Å². The Morgan fingerprint density at radius 3 is 2.31 bits per heavy atom. The van der Waals surface area contributed by atoms with Crippen LogP contribution in [0.4, 0.5) is 0 Å². The molecule has 0 aliphatic heterocycles. The van der Waals surface area contributed by atoms with Crippen LogP contribution in [-0.4, -0.2) is 22.3 Å². The third-order valence-electron chi connectivity index (χ3n) is 4.08. The highest BCUT2D eigenvalue weighted by molar-refractivity contribution is 5.69. The second-order valence-corrected chi connectivity index (χ2v) is 5.29. The molecule has 0 aromatic heterocycles. The molecule has 1 rings (SSSR count). The number of aliphatic hydroxyl groups excluding tert-OH is 1. The van der Waals surface area contributed by atoms with Crippen molar-refractivity contribution in [2.75, 3.05) is 0 Å². The van der Waals surface area contributed by atoms with Crippen molar-refractivity contribution in [3.8, 4) is 0 Å². The summed E-state index contributed by atoms with van der Waals surface area (Å²) in [7, 11) is 0. The van der Waals surface area contributed by atoms with Crippen molar-refractivity contribution >= 4 is 5.97 Å².